The molecule has 1 aromatic rings. The van der Waals surface area contributed by atoms with E-state index >= 15 is 0 Å². The van der Waals surface area contributed by atoms with Crippen LogP contribution >= 0.6 is 0 Å². The standard InChI is InChI=1S/C14H19NO3/c1-3-11(2)14(18)15(10-9-13(16)17)12-7-5-4-6-8-12/h4-8,11H,3,9-10H2,1-2H3,(H,16,17). The average molecular weight is 249 g/mol. The number of aliphatic carboxylic acids is 1. The van der Waals surface area contributed by atoms with Gasteiger partial charge < -0.3 is 10.0 Å². The Hall–Kier alpha value is -1.84. The number of amides is 1. The van der Waals surface area contributed by atoms with Crippen molar-refractivity contribution in [1.82, 2.24) is 0 Å². The number of carboxylic acid groups (broad SMARTS) is 1. The van der Waals surface area contributed by atoms with Crippen LogP contribution in [0.15, 0.2) is 30.3 Å². The topological polar surface area (TPSA) is 57.6 Å². The second kappa shape index (κ2) is 6.79. The van der Waals surface area contributed by atoms with E-state index in [0.29, 0.717) is 0 Å². The molecule has 1 amide bonds. The maximum atomic E-state index is 12.2. The third-order valence-corrected chi connectivity index (χ3v) is 2.92. The van der Waals surface area contributed by atoms with Gasteiger partial charge in [0.1, 0.15) is 0 Å². The molecule has 1 unspecified atom stereocenters. The highest BCUT2D eigenvalue weighted by atomic mass is 16.4. The minimum absolute atomic E-state index is 0.0232. The van der Waals surface area contributed by atoms with Crippen molar-refractivity contribution >= 4 is 17.6 Å². The van der Waals surface area contributed by atoms with E-state index in [4.69, 9.17) is 5.11 Å². The van der Waals surface area contributed by atoms with Gasteiger partial charge in [0.2, 0.25) is 5.91 Å². The molecule has 0 aliphatic heterocycles. The maximum absolute atomic E-state index is 12.2. The number of para-hydroxylation sites is 1. The van der Waals surface area contributed by atoms with Crippen LogP contribution in [-0.2, 0) is 9.59 Å². The van der Waals surface area contributed by atoms with E-state index in [-0.39, 0.29) is 24.8 Å². The third kappa shape index (κ3) is 3.87. The molecule has 0 saturated carbocycles. The fourth-order valence-electron chi connectivity index (χ4n) is 1.62. The number of carbonyl (C=O) groups is 2. The summed E-state index contributed by atoms with van der Waals surface area (Å²) in [5, 5.41) is 8.75. The van der Waals surface area contributed by atoms with Gasteiger partial charge in [-0.05, 0) is 18.6 Å². The van der Waals surface area contributed by atoms with Gasteiger partial charge in [-0.2, -0.15) is 0 Å². The summed E-state index contributed by atoms with van der Waals surface area (Å²) < 4.78 is 0. The predicted molar refractivity (Wildman–Crippen MR) is 70.5 cm³/mol. The lowest BCUT2D eigenvalue weighted by atomic mass is 10.1. The molecule has 0 fully saturated rings. The van der Waals surface area contributed by atoms with Gasteiger partial charge in [0.15, 0.2) is 0 Å². The highest BCUT2D eigenvalue weighted by Gasteiger charge is 2.21. The van der Waals surface area contributed by atoms with Crippen LogP contribution in [0.5, 0.6) is 0 Å². The van der Waals surface area contributed by atoms with Crippen LogP contribution in [0.25, 0.3) is 0 Å². The van der Waals surface area contributed by atoms with E-state index in [2.05, 4.69) is 0 Å². The first-order valence-electron chi connectivity index (χ1n) is 6.14. The fraction of sp³-hybridized carbons (Fsp3) is 0.429. The number of carbonyl (C=O) groups excluding carboxylic acids is 1. The maximum Gasteiger partial charge on any atom is 0.305 e. The summed E-state index contributed by atoms with van der Waals surface area (Å²) in [6.45, 7) is 4.02. The van der Waals surface area contributed by atoms with E-state index in [1.54, 1.807) is 4.90 Å². The molecule has 0 radical (unpaired) electrons. The molecule has 1 N–H and O–H groups in total. The zero-order chi connectivity index (χ0) is 13.5. The van der Waals surface area contributed by atoms with Crippen LogP contribution in [0.2, 0.25) is 0 Å². The lowest BCUT2D eigenvalue weighted by Crippen LogP contribution is -2.36. The first-order chi connectivity index (χ1) is 8.56. The Morgan fingerprint density at radius 1 is 1.28 bits per heavy atom. The summed E-state index contributed by atoms with van der Waals surface area (Å²) >= 11 is 0. The molecule has 0 heterocycles. The zero-order valence-corrected chi connectivity index (χ0v) is 10.8. The van der Waals surface area contributed by atoms with E-state index in [9.17, 15) is 9.59 Å². The van der Waals surface area contributed by atoms with E-state index < -0.39 is 5.97 Å². The predicted octanol–water partition coefficient (Wildman–Crippen LogP) is 2.54. The van der Waals surface area contributed by atoms with Crippen molar-refractivity contribution in [3.05, 3.63) is 30.3 Å². The quantitative estimate of drug-likeness (QED) is 0.842. The highest BCUT2D eigenvalue weighted by molar-refractivity contribution is 5.95. The van der Waals surface area contributed by atoms with Crippen LogP contribution in [0.1, 0.15) is 26.7 Å². The SMILES string of the molecule is CCC(C)C(=O)N(CCC(=O)O)c1ccccc1. The summed E-state index contributed by atoms with van der Waals surface area (Å²) in [6, 6.07) is 9.19. The molecule has 1 aromatic carbocycles. The minimum atomic E-state index is -0.895. The Bertz CT molecular complexity index is 403. The van der Waals surface area contributed by atoms with Gasteiger partial charge >= 0.3 is 5.97 Å². The number of benzene rings is 1. The number of nitrogens with zero attached hydrogens (tertiary/aromatic N) is 1. The average Bonchev–Trinajstić information content (AvgIpc) is 2.38. The molecule has 1 atom stereocenters. The van der Waals surface area contributed by atoms with Crippen molar-refractivity contribution in [2.24, 2.45) is 5.92 Å². The molecule has 0 bridgehead atoms. The smallest absolute Gasteiger partial charge is 0.305 e. The largest absolute Gasteiger partial charge is 0.481 e. The van der Waals surface area contributed by atoms with Crippen molar-refractivity contribution in [1.29, 1.82) is 0 Å². The number of hydrogen-bond acceptors (Lipinski definition) is 2. The normalized spacial score (nSPS) is 11.9. The molecule has 0 aliphatic rings. The Balaban J connectivity index is 2.88. The molecule has 4 heteroatoms. The molecule has 0 aliphatic carbocycles. The number of anilines is 1. The van der Waals surface area contributed by atoms with Gasteiger partial charge in [0.25, 0.3) is 0 Å². The van der Waals surface area contributed by atoms with Gasteiger partial charge in [-0.3, -0.25) is 9.59 Å². The van der Waals surface area contributed by atoms with Gasteiger partial charge in [0, 0.05) is 18.2 Å². The summed E-state index contributed by atoms with van der Waals surface area (Å²) in [7, 11) is 0. The lowest BCUT2D eigenvalue weighted by Gasteiger charge is -2.25. The van der Waals surface area contributed by atoms with E-state index in [1.807, 2.05) is 44.2 Å². The van der Waals surface area contributed by atoms with Crippen molar-refractivity contribution in [2.45, 2.75) is 26.7 Å². The van der Waals surface area contributed by atoms with Crippen molar-refractivity contribution in [2.75, 3.05) is 11.4 Å². The van der Waals surface area contributed by atoms with Gasteiger partial charge in [0.05, 0.1) is 6.42 Å². The molecule has 18 heavy (non-hydrogen) atoms. The molecule has 98 valence electrons. The molecular weight excluding hydrogens is 230 g/mol. The van der Waals surface area contributed by atoms with Crippen LogP contribution < -0.4 is 4.90 Å². The van der Waals surface area contributed by atoms with Crippen LogP contribution in [0, 0.1) is 5.92 Å². The summed E-state index contributed by atoms with van der Waals surface area (Å²) in [6.07, 6.45) is 0.701. The van der Waals surface area contributed by atoms with Crippen molar-refractivity contribution < 1.29 is 14.7 Å². The summed E-state index contributed by atoms with van der Waals surface area (Å²) in [5.74, 6) is -1.02. The Morgan fingerprint density at radius 2 is 1.89 bits per heavy atom. The summed E-state index contributed by atoms with van der Waals surface area (Å²) in [4.78, 5) is 24.4. The van der Waals surface area contributed by atoms with Crippen LogP contribution in [-0.4, -0.2) is 23.5 Å². The fourth-order valence-corrected chi connectivity index (χ4v) is 1.62. The first kappa shape index (κ1) is 14.2. The number of hydrogen-bond donors (Lipinski definition) is 1. The second-order valence-corrected chi connectivity index (χ2v) is 4.28. The highest BCUT2D eigenvalue weighted by Crippen LogP contribution is 2.18. The van der Waals surface area contributed by atoms with Gasteiger partial charge in [-0.25, -0.2) is 0 Å². The Labute approximate surface area is 107 Å². The van der Waals surface area contributed by atoms with Crippen molar-refractivity contribution in [3.63, 3.8) is 0 Å². The summed E-state index contributed by atoms with van der Waals surface area (Å²) in [5.41, 5.74) is 0.754. The third-order valence-electron chi connectivity index (χ3n) is 2.92. The van der Waals surface area contributed by atoms with Crippen LogP contribution in [0.3, 0.4) is 0 Å². The first-order valence-corrected chi connectivity index (χ1v) is 6.14. The monoisotopic (exact) mass is 249 g/mol. The number of rotatable bonds is 6. The van der Waals surface area contributed by atoms with Crippen molar-refractivity contribution in [3.8, 4) is 0 Å². The molecule has 4 nitrogen and oxygen atoms in total. The molecule has 0 spiro atoms. The van der Waals surface area contributed by atoms with E-state index in [1.165, 1.54) is 0 Å². The van der Waals surface area contributed by atoms with Crippen LogP contribution in [0.4, 0.5) is 5.69 Å². The van der Waals surface area contributed by atoms with Gasteiger partial charge in [-0.15, -0.1) is 0 Å². The molecular formula is C14H19NO3. The second-order valence-electron chi connectivity index (χ2n) is 4.28. The van der Waals surface area contributed by atoms with E-state index in [0.717, 1.165) is 12.1 Å². The molecule has 1 rings (SSSR count). The minimum Gasteiger partial charge on any atom is -0.481 e. The molecule has 0 aromatic heterocycles. The zero-order valence-electron chi connectivity index (χ0n) is 10.8. The van der Waals surface area contributed by atoms with Gasteiger partial charge in [-0.1, -0.05) is 32.0 Å². The number of carboxylic acids is 1. The Morgan fingerprint density at radius 3 is 2.39 bits per heavy atom. The lowest BCUT2D eigenvalue weighted by molar-refractivity contribution is -0.136. The molecule has 0 saturated heterocycles. The Kier molecular flexibility index (Phi) is 5.36.